The van der Waals surface area contributed by atoms with Crippen molar-refractivity contribution in [1.82, 2.24) is 5.32 Å². The minimum atomic E-state index is 0.722. The van der Waals surface area contributed by atoms with E-state index in [1.807, 2.05) is 0 Å². The zero-order chi connectivity index (χ0) is 13.7. The molecule has 0 bridgehead atoms. The van der Waals surface area contributed by atoms with E-state index in [9.17, 15) is 0 Å². The van der Waals surface area contributed by atoms with Gasteiger partial charge in [-0.2, -0.15) is 0 Å². The van der Waals surface area contributed by atoms with Crippen LogP contribution in [0.15, 0.2) is 24.3 Å². The van der Waals surface area contributed by atoms with Gasteiger partial charge in [-0.3, -0.25) is 0 Å². The second-order valence-electron chi connectivity index (χ2n) is 6.10. The molecule has 1 aromatic carbocycles. The van der Waals surface area contributed by atoms with Gasteiger partial charge < -0.3 is 5.32 Å². The van der Waals surface area contributed by atoms with E-state index in [1.54, 1.807) is 5.56 Å². The summed E-state index contributed by atoms with van der Waals surface area (Å²) in [4.78, 5) is 0. The summed E-state index contributed by atoms with van der Waals surface area (Å²) in [5, 5.41) is 3.71. The van der Waals surface area contributed by atoms with Crippen LogP contribution >= 0.6 is 0 Å². The van der Waals surface area contributed by atoms with Crippen molar-refractivity contribution in [3.05, 3.63) is 35.4 Å². The molecule has 0 heterocycles. The first-order valence-electron chi connectivity index (χ1n) is 8.08. The molecule has 106 valence electrons. The van der Waals surface area contributed by atoms with E-state index in [4.69, 9.17) is 0 Å². The van der Waals surface area contributed by atoms with E-state index < -0.39 is 0 Å². The number of aryl methyl sites for hydroxylation is 1. The number of benzene rings is 1. The summed E-state index contributed by atoms with van der Waals surface area (Å²) in [6.07, 6.45) is 6.36. The summed E-state index contributed by atoms with van der Waals surface area (Å²) in [5.41, 5.74) is 3.03. The number of rotatable bonds is 6. The second-order valence-corrected chi connectivity index (χ2v) is 6.10. The molecule has 0 radical (unpaired) electrons. The lowest BCUT2D eigenvalue weighted by atomic mass is 9.88. The molecule has 0 saturated heterocycles. The average Bonchev–Trinajstić information content (AvgIpc) is 2.79. The van der Waals surface area contributed by atoms with Crippen LogP contribution in [0.1, 0.15) is 63.5 Å². The maximum Gasteiger partial charge on any atom is 0.00987 e. The Morgan fingerprint density at radius 1 is 1.05 bits per heavy atom. The zero-order valence-corrected chi connectivity index (χ0v) is 12.8. The highest BCUT2D eigenvalue weighted by atomic mass is 14.9. The summed E-state index contributed by atoms with van der Waals surface area (Å²) < 4.78 is 0. The molecule has 2 rings (SSSR count). The Kier molecular flexibility index (Phi) is 5.45. The largest absolute Gasteiger partial charge is 0.314 e. The van der Waals surface area contributed by atoms with E-state index in [0.717, 1.165) is 24.4 Å². The highest BCUT2D eigenvalue weighted by Crippen LogP contribution is 2.39. The van der Waals surface area contributed by atoms with Crippen LogP contribution in [0.25, 0.3) is 0 Å². The first kappa shape index (κ1) is 14.6. The predicted molar refractivity (Wildman–Crippen MR) is 83.7 cm³/mol. The normalized spacial score (nSPS) is 26.8. The van der Waals surface area contributed by atoms with Gasteiger partial charge in [-0.15, -0.1) is 0 Å². The maximum atomic E-state index is 3.71. The number of hydrogen-bond donors (Lipinski definition) is 1. The Balaban J connectivity index is 1.98. The van der Waals surface area contributed by atoms with Gasteiger partial charge in [0.2, 0.25) is 0 Å². The quantitative estimate of drug-likeness (QED) is 0.792. The van der Waals surface area contributed by atoms with Gasteiger partial charge in [0.1, 0.15) is 0 Å². The average molecular weight is 259 g/mol. The van der Waals surface area contributed by atoms with E-state index in [1.165, 1.54) is 37.7 Å². The van der Waals surface area contributed by atoms with Gasteiger partial charge in [0, 0.05) is 6.04 Å². The topological polar surface area (TPSA) is 12.0 Å². The Morgan fingerprint density at radius 3 is 2.42 bits per heavy atom. The van der Waals surface area contributed by atoms with Crippen LogP contribution in [0.2, 0.25) is 0 Å². The van der Waals surface area contributed by atoms with Crippen molar-refractivity contribution >= 4 is 0 Å². The molecule has 3 atom stereocenters. The van der Waals surface area contributed by atoms with Gasteiger partial charge in [0.25, 0.3) is 0 Å². The molecule has 1 heteroatoms. The lowest BCUT2D eigenvalue weighted by molar-refractivity contribution is 0.405. The molecule has 3 unspecified atom stereocenters. The SMILES string of the molecule is CCCNC1CCC(c2ccc(CCC)cc2)C1C. The molecule has 0 amide bonds. The monoisotopic (exact) mass is 259 g/mol. The fourth-order valence-corrected chi connectivity index (χ4v) is 3.47. The van der Waals surface area contributed by atoms with Crippen molar-refractivity contribution in [1.29, 1.82) is 0 Å². The number of hydrogen-bond acceptors (Lipinski definition) is 1. The summed E-state index contributed by atoms with van der Waals surface area (Å²) in [7, 11) is 0. The van der Waals surface area contributed by atoms with Crippen molar-refractivity contribution in [2.75, 3.05) is 6.54 Å². The van der Waals surface area contributed by atoms with Crippen LogP contribution in [0.5, 0.6) is 0 Å². The van der Waals surface area contributed by atoms with E-state index in [2.05, 4.69) is 50.4 Å². The van der Waals surface area contributed by atoms with Crippen LogP contribution in [0.3, 0.4) is 0 Å². The van der Waals surface area contributed by atoms with Crippen LogP contribution in [-0.4, -0.2) is 12.6 Å². The standard InChI is InChI=1S/C18H29N/c1-4-6-15-7-9-16(10-8-15)17-11-12-18(14(17)3)19-13-5-2/h7-10,14,17-19H,4-6,11-13H2,1-3H3. The summed E-state index contributed by atoms with van der Waals surface area (Å²) in [6, 6.07) is 10.1. The molecule has 19 heavy (non-hydrogen) atoms. The summed E-state index contributed by atoms with van der Waals surface area (Å²) >= 11 is 0. The van der Waals surface area contributed by atoms with Gasteiger partial charge in [0.15, 0.2) is 0 Å². The van der Waals surface area contributed by atoms with Gasteiger partial charge in [-0.1, -0.05) is 51.5 Å². The van der Waals surface area contributed by atoms with Crippen molar-refractivity contribution in [2.24, 2.45) is 5.92 Å². The molecule has 1 nitrogen and oxygen atoms in total. The first-order valence-corrected chi connectivity index (χ1v) is 8.08. The lowest BCUT2D eigenvalue weighted by Gasteiger charge is -2.22. The second kappa shape index (κ2) is 7.09. The van der Waals surface area contributed by atoms with Gasteiger partial charge in [-0.05, 0) is 55.2 Å². The lowest BCUT2D eigenvalue weighted by Crippen LogP contribution is -2.32. The van der Waals surface area contributed by atoms with Crippen LogP contribution < -0.4 is 5.32 Å². The molecule has 1 aliphatic rings. The molecule has 1 aliphatic carbocycles. The first-order chi connectivity index (χ1) is 9.26. The Labute approximate surface area is 118 Å². The zero-order valence-electron chi connectivity index (χ0n) is 12.8. The fraction of sp³-hybridized carbons (Fsp3) is 0.667. The van der Waals surface area contributed by atoms with Gasteiger partial charge in [0.05, 0.1) is 0 Å². The third-order valence-electron chi connectivity index (χ3n) is 4.66. The van der Waals surface area contributed by atoms with Crippen molar-refractivity contribution in [3.8, 4) is 0 Å². The molecule has 1 N–H and O–H groups in total. The Hall–Kier alpha value is -0.820. The third-order valence-corrected chi connectivity index (χ3v) is 4.66. The molecule has 1 fully saturated rings. The molecule has 0 aliphatic heterocycles. The fourth-order valence-electron chi connectivity index (χ4n) is 3.47. The van der Waals surface area contributed by atoms with Crippen molar-refractivity contribution in [2.45, 2.75) is 64.8 Å². The molecule has 1 aromatic rings. The molecule has 0 spiro atoms. The maximum absolute atomic E-state index is 3.71. The minimum absolute atomic E-state index is 0.722. The Bertz CT molecular complexity index is 368. The van der Waals surface area contributed by atoms with Crippen molar-refractivity contribution in [3.63, 3.8) is 0 Å². The third kappa shape index (κ3) is 3.60. The Morgan fingerprint density at radius 2 is 1.79 bits per heavy atom. The van der Waals surface area contributed by atoms with E-state index >= 15 is 0 Å². The predicted octanol–water partition coefficient (Wildman–Crippen LogP) is 4.52. The van der Waals surface area contributed by atoms with Crippen molar-refractivity contribution < 1.29 is 0 Å². The summed E-state index contributed by atoms with van der Waals surface area (Å²) in [5.74, 6) is 1.52. The van der Waals surface area contributed by atoms with E-state index in [-0.39, 0.29) is 0 Å². The van der Waals surface area contributed by atoms with Gasteiger partial charge >= 0.3 is 0 Å². The highest BCUT2D eigenvalue weighted by Gasteiger charge is 2.32. The molecular weight excluding hydrogens is 230 g/mol. The minimum Gasteiger partial charge on any atom is -0.314 e. The van der Waals surface area contributed by atoms with Crippen LogP contribution in [-0.2, 0) is 6.42 Å². The summed E-state index contributed by atoms with van der Waals surface area (Å²) in [6.45, 7) is 8.08. The smallest absolute Gasteiger partial charge is 0.00987 e. The van der Waals surface area contributed by atoms with Crippen LogP contribution in [0, 0.1) is 5.92 Å². The molecule has 1 saturated carbocycles. The molecular formula is C18H29N. The van der Waals surface area contributed by atoms with Gasteiger partial charge in [-0.25, -0.2) is 0 Å². The number of nitrogens with one attached hydrogen (secondary N) is 1. The molecule has 0 aromatic heterocycles. The van der Waals surface area contributed by atoms with Crippen LogP contribution in [0.4, 0.5) is 0 Å². The van der Waals surface area contributed by atoms with E-state index in [0.29, 0.717) is 0 Å². The highest BCUT2D eigenvalue weighted by molar-refractivity contribution is 5.27.